The van der Waals surface area contributed by atoms with Crippen LogP contribution >= 0.6 is 0 Å². The Balaban J connectivity index is 2.25. The molecule has 4 heteroatoms. The number of halogens is 1. The molecule has 1 amide bonds. The van der Waals surface area contributed by atoms with Crippen LogP contribution < -0.4 is 5.32 Å². The molecule has 0 spiro atoms. The molecule has 0 saturated heterocycles. The van der Waals surface area contributed by atoms with E-state index in [2.05, 4.69) is 19.2 Å². The lowest BCUT2D eigenvalue weighted by atomic mass is 10.2. The number of rotatable bonds is 9. The Morgan fingerprint density at radius 3 is 2.30 bits per heavy atom. The molecule has 20 heavy (non-hydrogen) atoms. The second-order valence-electron chi connectivity index (χ2n) is 4.93. The van der Waals surface area contributed by atoms with E-state index in [1.54, 1.807) is 12.1 Å². The summed E-state index contributed by atoms with van der Waals surface area (Å²) in [6.07, 6.45) is 2.50. The van der Waals surface area contributed by atoms with Crippen LogP contribution in [0.5, 0.6) is 0 Å². The molecular formula is C16H25FN2O. The van der Waals surface area contributed by atoms with E-state index in [-0.39, 0.29) is 11.7 Å². The standard InChI is InChI=1S/C16H25FN2O/c1-3-11-19(12-4-2)16(20)9-10-18-13-14-5-7-15(17)8-6-14/h5-8,18H,3-4,9-13H2,1-2H3. The molecule has 1 aromatic rings. The zero-order chi connectivity index (χ0) is 14.8. The predicted molar refractivity (Wildman–Crippen MR) is 79.9 cm³/mol. The number of hydrogen-bond acceptors (Lipinski definition) is 2. The summed E-state index contributed by atoms with van der Waals surface area (Å²) in [4.78, 5) is 13.9. The number of amides is 1. The van der Waals surface area contributed by atoms with Crippen molar-refractivity contribution in [3.63, 3.8) is 0 Å². The first-order valence-corrected chi connectivity index (χ1v) is 7.40. The maximum Gasteiger partial charge on any atom is 0.223 e. The molecule has 0 heterocycles. The highest BCUT2D eigenvalue weighted by molar-refractivity contribution is 5.76. The maximum atomic E-state index is 12.7. The molecule has 0 aliphatic heterocycles. The second-order valence-corrected chi connectivity index (χ2v) is 4.93. The molecule has 1 N–H and O–H groups in total. The molecule has 0 bridgehead atoms. The van der Waals surface area contributed by atoms with E-state index in [4.69, 9.17) is 0 Å². The van der Waals surface area contributed by atoms with Gasteiger partial charge in [0.1, 0.15) is 5.82 Å². The van der Waals surface area contributed by atoms with Crippen LogP contribution in [0.25, 0.3) is 0 Å². The molecule has 1 rings (SSSR count). The van der Waals surface area contributed by atoms with Gasteiger partial charge in [-0.2, -0.15) is 0 Å². The maximum absolute atomic E-state index is 12.7. The van der Waals surface area contributed by atoms with Gasteiger partial charge in [0.05, 0.1) is 0 Å². The van der Waals surface area contributed by atoms with Crippen LogP contribution in [0.1, 0.15) is 38.7 Å². The fourth-order valence-electron chi connectivity index (χ4n) is 2.09. The summed E-state index contributed by atoms with van der Waals surface area (Å²) in [7, 11) is 0. The Hall–Kier alpha value is -1.42. The first-order valence-electron chi connectivity index (χ1n) is 7.40. The van der Waals surface area contributed by atoms with Gasteiger partial charge in [-0.15, -0.1) is 0 Å². The normalized spacial score (nSPS) is 10.6. The van der Waals surface area contributed by atoms with Gasteiger partial charge in [0.15, 0.2) is 0 Å². The van der Waals surface area contributed by atoms with Crippen LogP contribution in [0.2, 0.25) is 0 Å². The Kier molecular flexibility index (Phi) is 7.88. The minimum atomic E-state index is -0.223. The number of nitrogens with one attached hydrogen (secondary N) is 1. The van der Waals surface area contributed by atoms with Crippen molar-refractivity contribution in [1.82, 2.24) is 10.2 Å². The first kappa shape index (κ1) is 16.6. The fraction of sp³-hybridized carbons (Fsp3) is 0.562. The summed E-state index contributed by atoms with van der Waals surface area (Å²) in [6, 6.07) is 6.41. The van der Waals surface area contributed by atoms with Crippen LogP contribution in [0.3, 0.4) is 0 Å². The average Bonchev–Trinajstić information content (AvgIpc) is 2.45. The lowest BCUT2D eigenvalue weighted by Gasteiger charge is -2.21. The molecule has 0 unspecified atom stereocenters. The molecule has 1 aromatic carbocycles. The van der Waals surface area contributed by atoms with Gasteiger partial charge < -0.3 is 10.2 Å². The van der Waals surface area contributed by atoms with Gasteiger partial charge in [-0.25, -0.2) is 4.39 Å². The summed E-state index contributed by atoms with van der Waals surface area (Å²) in [6.45, 7) is 7.16. The van der Waals surface area contributed by atoms with Crippen molar-refractivity contribution in [1.29, 1.82) is 0 Å². The minimum Gasteiger partial charge on any atom is -0.343 e. The van der Waals surface area contributed by atoms with E-state index in [0.29, 0.717) is 19.5 Å². The Labute approximate surface area is 121 Å². The summed E-state index contributed by atoms with van der Waals surface area (Å²) in [5.41, 5.74) is 1.03. The van der Waals surface area contributed by atoms with Crippen molar-refractivity contribution in [2.24, 2.45) is 0 Å². The molecule has 112 valence electrons. The summed E-state index contributed by atoms with van der Waals surface area (Å²) < 4.78 is 12.7. The first-order chi connectivity index (χ1) is 9.67. The highest BCUT2D eigenvalue weighted by atomic mass is 19.1. The lowest BCUT2D eigenvalue weighted by molar-refractivity contribution is -0.131. The van der Waals surface area contributed by atoms with Crippen LogP contribution in [-0.4, -0.2) is 30.4 Å². The largest absolute Gasteiger partial charge is 0.343 e. The smallest absolute Gasteiger partial charge is 0.223 e. The molecule has 0 aliphatic rings. The Bertz CT molecular complexity index is 386. The lowest BCUT2D eigenvalue weighted by Crippen LogP contribution is -2.34. The number of carbonyl (C=O) groups excluding carboxylic acids is 1. The number of nitrogens with zero attached hydrogens (tertiary/aromatic N) is 1. The predicted octanol–water partition coefficient (Wildman–Crippen LogP) is 2.95. The molecule has 0 saturated carbocycles. The highest BCUT2D eigenvalue weighted by Crippen LogP contribution is 2.02. The van der Waals surface area contributed by atoms with E-state index >= 15 is 0 Å². The van der Waals surface area contributed by atoms with E-state index in [1.807, 2.05) is 4.90 Å². The van der Waals surface area contributed by atoms with Crippen LogP contribution in [0.15, 0.2) is 24.3 Å². The molecule has 3 nitrogen and oxygen atoms in total. The van der Waals surface area contributed by atoms with Gasteiger partial charge in [-0.3, -0.25) is 4.79 Å². The number of hydrogen-bond donors (Lipinski definition) is 1. The molecule has 0 aliphatic carbocycles. The van der Waals surface area contributed by atoms with E-state index in [0.717, 1.165) is 31.5 Å². The summed E-state index contributed by atoms with van der Waals surface area (Å²) in [5, 5.41) is 3.22. The second kappa shape index (κ2) is 9.48. The molecule has 0 fully saturated rings. The third-order valence-corrected chi connectivity index (χ3v) is 3.10. The minimum absolute atomic E-state index is 0.209. The molecule has 0 atom stereocenters. The van der Waals surface area contributed by atoms with E-state index in [1.165, 1.54) is 12.1 Å². The van der Waals surface area contributed by atoms with Crippen molar-refractivity contribution >= 4 is 5.91 Å². The van der Waals surface area contributed by atoms with Crippen LogP contribution in [0.4, 0.5) is 4.39 Å². The van der Waals surface area contributed by atoms with Gasteiger partial charge in [-0.05, 0) is 30.5 Å². The summed E-state index contributed by atoms with van der Waals surface area (Å²) in [5.74, 6) is -0.0148. The molecule has 0 aromatic heterocycles. The van der Waals surface area contributed by atoms with E-state index < -0.39 is 0 Å². The van der Waals surface area contributed by atoms with Crippen molar-refractivity contribution in [2.75, 3.05) is 19.6 Å². The third kappa shape index (κ3) is 6.15. The van der Waals surface area contributed by atoms with E-state index in [9.17, 15) is 9.18 Å². The van der Waals surface area contributed by atoms with Crippen molar-refractivity contribution < 1.29 is 9.18 Å². The van der Waals surface area contributed by atoms with Crippen molar-refractivity contribution in [3.05, 3.63) is 35.6 Å². The monoisotopic (exact) mass is 280 g/mol. The van der Waals surface area contributed by atoms with Crippen molar-refractivity contribution in [3.8, 4) is 0 Å². The summed E-state index contributed by atoms with van der Waals surface area (Å²) >= 11 is 0. The van der Waals surface area contributed by atoms with Gasteiger partial charge in [-0.1, -0.05) is 26.0 Å². The zero-order valence-electron chi connectivity index (χ0n) is 12.5. The quantitative estimate of drug-likeness (QED) is 0.705. The fourth-order valence-corrected chi connectivity index (χ4v) is 2.09. The Morgan fingerprint density at radius 1 is 1.15 bits per heavy atom. The van der Waals surface area contributed by atoms with Gasteiger partial charge in [0.2, 0.25) is 5.91 Å². The van der Waals surface area contributed by atoms with Crippen LogP contribution in [0, 0.1) is 5.82 Å². The third-order valence-electron chi connectivity index (χ3n) is 3.10. The number of benzene rings is 1. The zero-order valence-corrected chi connectivity index (χ0v) is 12.5. The van der Waals surface area contributed by atoms with Crippen molar-refractivity contribution in [2.45, 2.75) is 39.7 Å². The Morgan fingerprint density at radius 2 is 1.75 bits per heavy atom. The van der Waals surface area contributed by atoms with Gasteiger partial charge >= 0.3 is 0 Å². The molecular weight excluding hydrogens is 255 g/mol. The SMILES string of the molecule is CCCN(CCC)C(=O)CCNCc1ccc(F)cc1. The topological polar surface area (TPSA) is 32.3 Å². The number of carbonyl (C=O) groups is 1. The molecule has 0 radical (unpaired) electrons. The average molecular weight is 280 g/mol. The van der Waals surface area contributed by atoms with Gasteiger partial charge in [0, 0.05) is 32.6 Å². The highest BCUT2D eigenvalue weighted by Gasteiger charge is 2.10. The van der Waals surface area contributed by atoms with Gasteiger partial charge in [0.25, 0.3) is 0 Å². The van der Waals surface area contributed by atoms with Crippen LogP contribution in [-0.2, 0) is 11.3 Å².